The van der Waals surface area contributed by atoms with Crippen molar-refractivity contribution in [2.75, 3.05) is 11.9 Å². The van der Waals surface area contributed by atoms with Crippen LogP contribution in [0.1, 0.15) is 28.8 Å². The van der Waals surface area contributed by atoms with E-state index in [1.165, 1.54) is 12.1 Å². The molecule has 0 atom stereocenters. The molecule has 7 heteroatoms. The summed E-state index contributed by atoms with van der Waals surface area (Å²) in [5.74, 6) is -0.572. The number of halogens is 2. The largest absolute Gasteiger partial charge is 0.478 e. The molecule has 1 aromatic heterocycles. The van der Waals surface area contributed by atoms with Crippen LogP contribution in [0.2, 0.25) is 5.02 Å². The molecule has 5 nitrogen and oxygen atoms in total. The topological polar surface area (TPSA) is 67.1 Å². The van der Waals surface area contributed by atoms with Crippen LogP contribution in [0.5, 0.6) is 0 Å². The van der Waals surface area contributed by atoms with Crippen LogP contribution in [0.25, 0.3) is 16.9 Å². The summed E-state index contributed by atoms with van der Waals surface area (Å²) in [6.07, 6.45) is 2.82. The molecule has 0 bridgehead atoms. The van der Waals surface area contributed by atoms with E-state index in [9.17, 15) is 14.3 Å². The second-order valence-corrected chi connectivity index (χ2v) is 6.86. The van der Waals surface area contributed by atoms with Gasteiger partial charge in [0.2, 0.25) is 0 Å². The first-order valence-electron chi connectivity index (χ1n) is 8.69. The SMILES string of the molecule is O=C(O)c1cccc(-n2nc(-c3ccc(F)cc3Cl)c3c2NCCCC3)c1. The number of anilines is 1. The van der Waals surface area contributed by atoms with Crippen molar-refractivity contribution in [2.45, 2.75) is 19.3 Å². The lowest BCUT2D eigenvalue weighted by atomic mass is 10.0. The van der Waals surface area contributed by atoms with Gasteiger partial charge in [0.25, 0.3) is 0 Å². The number of carboxylic acid groups (broad SMARTS) is 1. The Labute approximate surface area is 160 Å². The first-order valence-corrected chi connectivity index (χ1v) is 9.07. The van der Waals surface area contributed by atoms with Gasteiger partial charge >= 0.3 is 5.97 Å². The Balaban J connectivity index is 1.92. The number of aromatic carboxylic acids is 1. The molecule has 1 aliphatic heterocycles. The number of fused-ring (bicyclic) bond motifs is 1. The minimum Gasteiger partial charge on any atom is -0.478 e. The van der Waals surface area contributed by atoms with Crippen molar-refractivity contribution in [3.8, 4) is 16.9 Å². The molecule has 0 fully saturated rings. The Morgan fingerprint density at radius 2 is 2.07 bits per heavy atom. The van der Waals surface area contributed by atoms with E-state index in [1.807, 2.05) is 6.07 Å². The molecule has 2 heterocycles. The number of nitrogens with zero attached hydrogens (tertiary/aromatic N) is 2. The van der Waals surface area contributed by atoms with Crippen LogP contribution in [-0.4, -0.2) is 27.4 Å². The lowest BCUT2D eigenvalue weighted by Gasteiger charge is -2.09. The molecule has 0 aliphatic carbocycles. The number of nitrogens with one attached hydrogen (secondary N) is 1. The smallest absolute Gasteiger partial charge is 0.335 e. The number of hydrogen-bond donors (Lipinski definition) is 2. The molecule has 0 spiro atoms. The van der Waals surface area contributed by atoms with Crippen LogP contribution in [0.3, 0.4) is 0 Å². The number of aromatic nitrogens is 2. The van der Waals surface area contributed by atoms with Crippen molar-refractivity contribution >= 4 is 23.4 Å². The summed E-state index contributed by atoms with van der Waals surface area (Å²) >= 11 is 6.28. The highest BCUT2D eigenvalue weighted by Gasteiger charge is 2.23. The minimum atomic E-state index is -0.996. The average Bonchev–Trinajstić information content (AvgIpc) is 2.83. The molecule has 0 saturated carbocycles. The van der Waals surface area contributed by atoms with Gasteiger partial charge in [-0.15, -0.1) is 0 Å². The molecule has 4 rings (SSSR count). The number of carbonyl (C=O) groups is 1. The standard InChI is InChI=1S/C20H17ClFN3O2/c21-17-11-13(22)7-8-15(17)18-16-6-1-2-9-23-19(16)25(24-18)14-5-3-4-12(10-14)20(26)27/h3-5,7-8,10-11,23H,1-2,6,9H2,(H,26,27). The number of carboxylic acids is 1. The third kappa shape index (κ3) is 3.28. The van der Waals surface area contributed by atoms with Crippen molar-refractivity contribution in [3.05, 3.63) is 64.4 Å². The van der Waals surface area contributed by atoms with E-state index in [4.69, 9.17) is 16.7 Å². The summed E-state index contributed by atoms with van der Waals surface area (Å²) < 4.78 is 15.2. The molecule has 0 unspecified atom stereocenters. The highest BCUT2D eigenvalue weighted by molar-refractivity contribution is 6.33. The second-order valence-electron chi connectivity index (χ2n) is 6.45. The van der Waals surface area contributed by atoms with Crippen molar-refractivity contribution in [1.29, 1.82) is 0 Å². The van der Waals surface area contributed by atoms with Crippen LogP contribution in [-0.2, 0) is 6.42 Å². The Kier molecular flexibility index (Phi) is 4.58. The highest BCUT2D eigenvalue weighted by atomic mass is 35.5. The molecule has 138 valence electrons. The zero-order valence-electron chi connectivity index (χ0n) is 14.4. The maximum Gasteiger partial charge on any atom is 0.335 e. The quantitative estimate of drug-likeness (QED) is 0.681. The predicted molar refractivity (Wildman–Crippen MR) is 102 cm³/mol. The van der Waals surface area contributed by atoms with Gasteiger partial charge in [-0.05, 0) is 55.7 Å². The van der Waals surface area contributed by atoms with Crippen molar-refractivity contribution in [3.63, 3.8) is 0 Å². The van der Waals surface area contributed by atoms with E-state index in [-0.39, 0.29) is 5.56 Å². The van der Waals surface area contributed by atoms with Crippen LogP contribution < -0.4 is 5.32 Å². The van der Waals surface area contributed by atoms with Gasteiger partial charge in [-0.25, -0.2) is 13.9 Å². The molecule has 2 N–H and O–H groups in total. The zero-order valence-corrected chi connectivity index (χ0v) is 15.1. The highest BCUT2D eigenvalue weighted by Crippen LogP contribution is 2.37. The molecule has 0 saturated heterocycles. The monoisotopic (exact) mass is 385 g/mol. The van der Waals surface area contributed by atoms with Gasteiger partial charge in [0.15, 0.2) is 0 Å². The van der Waals surface area contributed by atoms with Gasteiger partial charge in [0.05, 0.1) is 22.0 Å². The van der Waals surface area contributed by atoms with Gasteiger partial charge in [0.1, 0.15) is 11.6 Å². The zero-order chi connectivity index (χ0) is 19.0. The average molecular weight is 386 g/mol. The summed E-state index contributed by atoms with van der Waals surface area (Å²) in [5, 5.41) is 17.7. The molecular formula is C20H17ClFN3O2. The van der Waals surface area contributed by atoms with E-state index in [0.717, 1.165) is 37.2 Å². The van der Waals surface area contributed by atoms with Crippen LogP contribution in [0.15, 0.2) is 42.5 Å². The lowest BCUT2D eigenvalue weighted by Crippen LogP contribution is -2.08. The van der Waals surface area contributed by atoms with Gasteiger partial charge < -0.3 is 10.4 Å². The van der Waals surface area contributed by atoms with Crippen LogP contribution in [0.4, 0.5) is 10.2 Å². The first-order chi connectivity index (χ1) is 13.0. The van der Waals surface area contributed by atoms with Gasteiger partial charge in [-0.1, -0.05) is 17.7 Å². The fourth-order valence-electron chi connectivity index (χ4n) is 3.36. The maximum absolute atomic E-state index is 13.5. The van der Waals surface area contributed by atoms with E-state index in [1.54, 1.807) is 28.9 Å². The van der Waals surface area contributed by atoms with Crippen molar-refractivity contribution in [2.24, 2.45) is 0 Å². The molecule has 0 radical (unpaired) electrons. The molecule has 27 heavy (non-hydrogen) atoms. The fourth-order valence-corrected chi connectivity index (χ4v) is 3.61. The number of rotatable bonds is 3. The fraction of sp³-hybridized carbons (Fsp3) is 0.200. The van der Waals surface area contributed by atoms with Crippen molar-refractivity contribution in [1.82, 2.24) is 9.78 Å². The second kappa shape index (κ2) is 7.04. The predicted octanol–water partition coefficient (Wildman–Crippen LogP) is 4.78. The summed E-state index contributed by atoms with van der Waals surface area (Å²) in [7, 11) is 0. The minimum absolute atomic E-state index is 0.187. The maximum atomic E-state index is 13.5. The Morgan fingerprint density at radius 3 is 2.85 bits per heavy atom. The molecular weight excluding hydrogens is 369 g/mol. The molecule has 2 aromatic carbocycles. The van der Waals surface area contributed by atoms with Crippen LogP contribution >= 0.6 is 11.6 Å². The lowest BCUT2D eigenvalue weighted by molar-refractivity contribution is 0.0697. The van der Waals surface area contributed by atoms with Gasteiger partial charge in [-0.2, -0.15) is 5.10 Å². The third-order valence-electron chi connectivity index (χ3n) is 4.65. The number of hydrogen-bond acceptors (Lipinski definition) is 3. The summed E-state index contributed by atoms with van der Waals surface area (Å²) in [6, 6.07) is 10.9. The van der Waals surface area contributed by atoms with Crippen molar-refractivity contribution < 1.29 is 14.3 Å². The summed E-state index contributed by atoms with van der Waals surface area (Å²) in [6.45, 7) is 0.800. The Hall–Kier alpha value is -2.86. The Morgan fingerprint density at radius 1 is 1.22 bits per heavy atom. The van der Waals surface area contributed by atoms with Gasteiger partial charge in [-0.3, -0.25) is 0 Å². The molecule has 1 aliphatic rings. The van der Waals surface area contributed by atoms with Gasteiger partial charge in [0, 0.05) is 17.7 Å². The molecule has 3 aromatic rings. The normalized spacial score (nSPS) is 13.6. The molecule has 0 amide bonds. The first kappa shape index (κ1) is 17.5. The van der Waals surface area contributed by atoms with E-state index in [0.29, 0.717) is 22.0 Å². The third-order valence-corrected chi connectivity index (χ3v) is 4.97. The van der Waals surface area contributed by atoms with Crippen LogP contribution in [0, 0.1) is 5.82 Å². The Bertz CT molecular complexity index is 1030. The van der Waals surface area contributed by atoms with E-state index >= 15 is 0 Å². The van der Waals surface area contributed by atoms with E-state index < -0.39 is 11.8 Å². The van der Waals surface area contributed by atoms with E-state index in [2.05, 4.69) is 5.32 Å². The summed E-state index contributed by atoms with van der Waals surface area (Å²) in [5.41, 5.74) is 3.18. The summed E-state index contributed by atoms with van der Waals surface area (Å²) in [4.78, 5) is 11.3. The number of benzene rings is 2.